The number of benzene rings is 1. The van der Waals surface area contributed by atoms with Gasteiger partial charge in [0.25, 0.3) is 0 Å². The number of hydrogen-bond donors (Lipinski definition) is 0. The Bertz CT molecular complexity index is 458. The van der Waals surface area contributed by atoms with Crippen molar-refractivity contribution in [1.29, 1.82) is 0 Å². The van der Waals surface area contributed by atoms with Crippen LogP contribution in [0.5, 0.6) is 0 Å². The van der Waals surface area contributed by atoms with Gasteiger partial charge >= 0.3 is 0 Å². The van der Waals surface area contributed by atoms with Crippen molar-refractivity contribution in [1.82, 2.24) is 0 Å². The lowest BCUT2D eigenvalue weighted by Crippen LogP contribution is -2.07. The number of hydrogen-bond acceptors (Lipinski definition) is 1. The summed E-state index contributed by atoms with van der Waals surface area (Å²) in [6, 6.07) is 9.00. The molecule has 2 rings (SSSR count). The molecule has 0 nitrogen and oxygen atoms in total. The molecule has 1 aromatic carbocycles. The average Bonchev–Trinajstić information content (AvgIpc) is 2.45. The molecule has 0 unspecified atom stereocenters. The topological polar surface area (TPSA) is 0 Å². The molecule has 0 N–H and O–H groups in total. The van der Waals surface area contributed by atoms with E-state index in [0.717, 1.165) is 0 Å². The van der Waals surface area contributed by atoms with E-state index < -0.39 is 0 Å². The molecular formula is C13H16S. The van der Waals surface area contributed by atoms with E-state index in [0.29, 0.717) is 0 Å². The van der Waals surface area contributed by atoms with Crippen molar-refractivity contribution in [3.05, 3.63) is 34.7 Å². The van der Waals surface area contributed by atoms with Gasteiger partial charge in [-0.1, -0.05) is 38.5 Å². The Morgan fingerprint density at radius 3 is 2.43 bits per heavy atom. The van der Waals surface area contributed by atoms with E-state index in [-0.39, 0.29) is 5.41 Å². The van der Waals surface area contributed by atoms with Crippen molar-refractivity contribution in [2.45, 2.75) is 33.1 Å². The Balaban J connectivity index is 2.63. The molecular weight excluding hydrogens is 188 g/mol. The normalized spacial score (nSPS) is 12.3. The number of thiophene rings is 1. The van der Waals surface area contributed by atoms with Crippen LogP contribution in [0.1, 0.15) is 31.2 Å². The van der Waals surface area contributed by atoms with Gasteiger partial charge in [-0.25, -0.2) is 0 Å². The first kappa shape index (κ1) is 9.72. The summed E-state index contributed by atoms with van der Waals surface area (Å²) in [6.45, 7) is 8.95. The molecule has 0 radical (unpaired) electrons. The van der Waals surface area contributed by atoms with Crippen LogP contribution >= 0.6 is 11.3 Å². The fourth-order valence-corrected chi connectivity index (χ4v) is 2.63. The zero-order chi connectivity index (χ0) is 10.3. The second-order valence-electron chi connectivity index (χ2n) is 4.90. The van der Waals surface area contributed by atoms with E-state index in [4.69, 9.17) is 0 Å². The Morgan fingerprint density at radius 2 is 1.79 bits per heavy atom. The van der Waals surface area contributed by atoms with Crippen molar-refractivity contribution in [3.8, 4) is 0 Å². The number of fused-ring (bicyclic) bond motifs is 1. The molecule has 1 heterocycles. The molecule has 0 aliphatic heterocycles. The van der Waals surface area contributed by atoms with Gasteiger partial charge in [-0.2, -0.15) is 0 Å². The number of aryl methyl sites for hydroxylation is 1. The van der Waals surface area contributed by atoms with Gasteiger partial charge in [0.15, 0.2) is 0 Å². The van der Waals surface area contributed by atoms with E-state index in [1.807, 2.05) is 11.3 Å². The van der Waals surface area contributed by atoms with Crippen LogP contribution in [0.4, 0.5) is 0 Å². The molecule has 0 bridgehead atoms. The van der Waals surface area contributed by atoms with E-state index >= 15 is 0 Å². The minimum atomic E-state index is 0.275. The quantitative estimate of drug-likeness (QED) is 0.592. The fraction of sp³-hybridized carbons (Fsp3) is 0.385. The van der Waals surface area contributed by atoms with Crippen LogP contribution in [-0.2, 0) is 5.41 Å². The molecule has 0 amide bonds. The zero-order valence-corrected chi connectivity index (χ0v) is 10.0. The standard InChI is InChI=1S/C13H16S/c1-9-5-6-11-10(7-9)8-12(14-11)13(2,3)4/h5-8H,1-4H3. The van der Waals surface area contributed by atoms with E-state index in [9.17, 15) is 0 Å². The molecule has 0 saturated carbocycles. The average molecular weight is 204 g/mol. The fourth-order valence-electron chi connectivity index (χ4n) is 1.53. The SMILES string of the molecule is Cc1ccc2sc(C(C)(C)C)cc2c1. The summed E-state index contributed by atoms with van der Waals surface area (Å²) in [4.78, 5) is 1.47. The number of rotatable bonds is 0. The van der Waals surface area contributed by atoms with Crippen LogP contribution in [0.3, 0.4) is 0 Å². The van der Waals surface area contributed by atoms with Gasteiger partial charge in [-0.05, 0) is 29.9 Å². The smallest absolute Gasteiger partial charge is 0.0346 e. The molecule has 0 spiro atoms. The van der Waals surface area contributed by atoms with Crippen LogP contribution in [0, 0.1) is 6.92 Å². The third-order valence-corrected chi connectivity index (χ3v) is 3.95. The second kappa shape index (κ2) is 3.09. The summed E-state index contributed by atoms with van der Waals surface area (Å²) in [7, 11) is 0. The highest BCUT2D eigenvalue weighted by molar-refractivity contribution is 7.19. The first-order chi connectivity index (χ1) is 6.47. The van der Waals surface area contributed by atoms with E-state index in [2.05, 4.69) is 52.0 Å². The Morgan fingerprint density at radius 1 is 1.07 bits per heavy atom. The third-order valence-electron chi connectivity index (χ3n) is 2.41. The van der Waals surface area contributed by atoms with Crippen molar-refractivity contribution in [2.75, 3.05) is 0 Å². The van der Waals surface area contributed by atoms with E-state index in [1.54, 1.807) is 0 Å². The zero-order valence-electron chi connectivity index (χ0n) is 9.22. The molecule has 2 aromatic rings. The highest BCUT2D eigenvalue weighted by Crippen LogP contribution is 2.34. The highest BCUT2D eigenvalue weighted by Gasteiger charge is 2.16. The van der Waals surface area contributed by atoms with Gasteiger partial charge in [0, 0.05) is 9.58 Å². The maximum Gasteiger partial charge on any atom is 0.0346 e. The van der Waals surface area contributed by atoms with Gasteiger partial charge in [-0.3, -0.25) is 0 Å². The van der Waals surface area contributed by atoms with Crippen molar-refractivity contribution in [3.63, 3.8) is 0 Å². The minimum Gasteiger partial charge on any atom is -0.140 e. The van der Waals surface area contributed by atoms with Gasteiger partial charge in [0.1, 0.15) is 0 Å². The summed E-state index contributed by atoms with van der Waals surface area (Å²) < 4.78 is 1.40. The molecule has 0 aliphatic carbocycles. The second-order valence-corrected chi connectivity index (χ2v) is 5.99. The molecule has 0 fully saturated rings. The molecule has 14 heavy (non-hydrogen) atoms. The molecule has 74 valence electrons. The lowest BCUT2D eigenvalue weighted by atomic mass is 9.94. The molecule has 0 saturated heterocycles. The van der Waals surface area contributed by atoms with Gasteiger partial charge in [0.05, 0.1) is 0 Å². The van der Waals surface area contributed by atoms with Crippen LogP contribution in [0.2, 0.25) is 0 Å². The Labute approximate surface area is 89.6 Å². The minimum absolute atomic E-state index is 0.275. The largest absolute Gasteiger partial charge is 0.140 e. The van der Waals surface area contributed by atoms with Gasteiger partial charge < -0.3 is 0 Å². The first-order valence-corrected chi connectivity index (χ1v) is 5.79. The lowest BCUT2D eigenvalue weighted by Gasteiger charge is -2.14. The molecule has 1 aromatic heterocycles. The van der Waals surface area contributed by atoms with Gasteiger partial charge in [-0.15, -0.1) is 11.3 Å². The van der Waals surface area contributed by atoms with Crippen molar-refractivity contribution < 1.29 is 0 Å². The maximum atomic E-state index is 2.33. The van der Waals surface area contributed by atoms with Crippen LogP contribution in [0.15, 0.2) is 24.3 Å². The summed E-state index contributed by atoms with van der Waals surface area (Å²) in [5, 5.41) is 1.39. The molecule has 1 heteroatoms. The van der Waals surface area contributed by atoms with Gasteiger partial charge in [0.2, 0.25) is 0 Å². The summed E-state index contributed by atoms with van der Waals surface area (Å²) >= 11 is 1.91. The van der Waals surface area contributed by atoms with Crippen LogP contribution in [0.25, 0.3) is 10.1 Å². The predicted octanol–water partition coefficient (Wildman–Crippen LogP) is 4.51. The summed E-state index contributed by atoms with van der Waals surface area (Å²) in [5.74, 6) is 0. The lowest BCUT2D eigenvalue weighted by molar-refractivity contribution is 0.604. The van der Waals surface area contributed by atoms with E-state index in [1.165, 1.54) is 20.5 Å². The van der Waals surface area contributed by atoms with Crippen LogP contribution < -0.4 is 0 Å². The van der Waals surface area contributed by atoms with Crippen molar-refractivity contribution >= 4 is 21.4 Å². The Hall–Kier alpha value is -0.820. The first-order valence-electron chi connectivity index (χ1n) is 4.97. The molecule has 0 atom stereocenters. The van der Waals surface area contributed by atoms with Crippen LogP contribution in [-0.4, -0.2) is 0 Å². The molecule has 0 aliphatic rings. The Kier molecular flexibility index (Phi) is 2.15. The summed E-state index contributed by atoms with van der Waals surface area (Å²) in [5.41, 5.74) is 1.62. The predicted molar refractivity (Wildman–Crippen MR) is 65.3 cm³/mol. The highest BCUT2D eigenvalue weighted by atomic mass is 32.1. The maximum absolute atomic E-state index is 2.33. The third kappa shape index (κ3) is 1.69. The van der Waals surface area contributed by atoms with Crippen molar-refractivity contribution in [2.24, 2.45) is 0 Å². The summed E-state index contributed by atoms with van der Waals surface area (Å²) in [6.07, 6.45) is 0. The monoisotopic (exact) mass is 204 g/mol.